The highest BCUT2D eigenvalue weighted by atomic mass is 127. The number of ether oxygens (including phenoxy) is 1. The number of aryl methyl sites for hydroxylation is 1. The molecule has 23 heavy (non-hydrogen) atoms. The second kappa shape index (κ2) is 10.3. The molecule has 0 aliphatic heterocycles. The van der Waals surface area contributed by atoms with Gasteiger partial charge in [0.05, 0.1) is 7.11 Å². The fourth-order valence-corrected chi connectivity index (χ4v) is 2.29. The van der Waals surface area contributed by atoms with Crippen LogP contribution in [0.3, 0.4) is 0 Å². The van der Waals surface area contributed by atoms with Crippen LogP contribution >= 0.6 is 35.6 Å². The van der Waals surface area contributed by atoms with Crippen molar-refractivity contribution < 1.29 is 4.74 Å². The zero-order valence-electron chi connectivity index (χ0n) is 13.0. The first-order valence-electron chi connectivity index (χ1n) is 7.13. The zero-order valence-corrected chi connectivity index (χ0v) is 16.0. The summed E-state index contributed by atoms with van der Waals surface area (Å²) in [6.07, 6.45) is 1.78. The first kappa shape index (κ1) is 19.6. The molecule has 0 saturated carbocycles. The van der Waals surface area contributed by atoms with Crippen molar-refractivity contribution in [3.63, 3.8) is 0 Å². The molecule has 4 nitrogen and oxygen atoms in total. The van der Waals surface area contributed by atoms with Crippen LogP contribution in [-0.2, 0) is 6.42 Å². The van der Waals surface area contributed by atoms with Crippen LogP contribution in [0.25, 0.3) is 0 Å². The maximum Gasteiger partial charge on any atom is 0.193 e. The van der Waals surface area contributed by atoms with Crippen LogP contribution in [0.1, 0.15) is 12.0 Å². The Morgan fingerprint density at radius 2 is 2.00 bits per heavy atom. The highest BCUT2D eigenvalue weighted by molar-refractivity contribution is 14.0. The van der Waals surface area contributed by atoms with Crippen molar-refractivity contribution in [2.75, 3.05) is 19.0 Å². The summed E-state index contributed by atoms with van der Waals surface area (Å²) in [6, 6.07) is 15.4. The van der Waals surface area contributed by atoms with Gasteiger partial charge in [-0.05, 0) is 36.6 Å². The van der Waals surface area contributed by atoms with Crippen molar-refractivity contribution >= 4 is 47.2 Å². The Bertz CT molecular complexity index is 649. The van der Waals surface area contributed by atoms with Crippen molar-refractivity contribution in [2.24, 2.45) is 10.7 Å². The van der Waals surface area contributed by atoms with E-state index in [-0.39, 0.29) is 24.0 Å². The van der Waals surface area contributed by atoms with E-state index in [1.165, 1.54) is 0 Å². The lowest BCUT2D eigenvalue weighted by atomic mass is 10.1. The van der Waals surface area contributed by atoms with Crippen molar-refractivity contribution in [2.45, 2.75) is 12.8 Å². The number of nitrogens with one attached hydrogen (secondary N) is 1. The SMILES string of the molecule is COc1cccc(NC(N)=NCCCc2ccccc2Cl)c1.I. The van der Waals surface area contributed by atoms with Gasteiger partial charge in [0.1, 0.15) is 5.75 Å². The summed E-state index contributed by atoms with van der Waals surface area (Å²) in [5.74, 6) is 1.17. The molecule has 0 radical (unpaired) electrons. The van der Waals surface area contributed by atoms with E-state index in [1.54, 1.807) is 7.11 Å². The molecular weight excluding hydrogens is 425 g/mol. The summed E-state index contributed by atoms with van der Waals surface area (Å²) in [5, 5.41) is 3.85. The second-order valence-corrected chi connectivity index (χ2v) is 5.23. The fourth-order valence-electron chi connectivity index (χ4n) is 2.06. The number of nitrogens with two attached hydrogens (primary N) is 1. The van der Waals surface area contributed by atoms with E-state index in [4.69, 9.17) is 22.1 Å². The van der Waals surface area contributed by atoms with Crippen LogP contribution in [0, 0.1) is 0 Å². The molecule has 124 valence electrons. The number of methoxy groups -OCH3 is 1. The predicted octanol–water partition coefficient (Wildman–Crippen LogP) is 4.33. The summed E-state index contributed by atoms with van der Waals surface area (Å²) in [6.45, 7) is 0.647. The smallest absolute Gasteiger partial charge is 0.193 e. The molecule has 0 spiro atoms. The quantitative estimate of drug-likeness (QED) is 0.301. The second-order valence-electron chi connectivity index (χ2n) is 4.82. The lowest BCUT2D eigenvalue weighted by Gasteiger charge is -2.07. The minimum Gasteiger partial charge on any atom is -0.497 e. The molecule has 0 aliphatic carbocycles. The number of guanidine groups is 1. The number of nitrogens with zero attached hydrogens (tertiary/aromatic N) is 1. The Morgan fingerprint density at radius 3 is 2.74 bits per heavy atom. The third-order valence-corrected chi connectivity index (χ3v) is 3.56. The predicted molar refractivity (Wildman–Crippen MR) is 108 cm³/mol. The summed E-state index contributed by atoms with van der Waals surface area (Å²) < 4.78 is 5.16. The van der Waals surface area contributed by atoms with Gasteiger partial charge >= 0.3 is 0 Å². The van der Waals surface area contributed by atoms with E-state index in [1.807, 2.05) is 48.5 Å². The van der Waals surface area contributed by atoms with Crippen LogP contribution in [0.2, 0.25) is 5.02 Å². The molecule has 6 heteroatoms. The summed E-state index contributed by atoms with van der Waals surface area (Å²) in [7, 11) is 1.63. The molecule has 2 aromatic rings. The monoisotopic (exact) mass is 445 g/mol. The van der Waals surface area contributed by atoms with E-state index >= 15 is 0 Å². The van der Waals surface area contributed by atoms with E-state index in [0.717, 1.165) is 34.9 Å². The fraction of sp³-hybridized carbons (Fsp3) is 0.235. The van der Waals surface area contributed by atoms with Gasteiger partial charge in [-0.3, -0.25) is 4.99 Å². The number of hydrogen-bond acceptors (Lipinski definition) is 2. The largest absolute Gasteiger partial charge is 0.497 e. The van der Waals surface area contributed by atoms with Gasteiger partial charge in [-0.15, -0.1) is 24.0 Å². The minimum absolute atomic E-state index is 0. The Balaban J connectivity index is 0.00000264. The van der Waals surface area contributed by atoms with Crippen molar-refractivity contribution in [1.82, 2.24) is 0 Å². The van der Waals surface area contributed by atoms with Gasteiger partial charge in [0, 0.05) is 23.3 Å². The maximum atomic E-state index is 6.12. The van der Waals surface area contributed by atoms with Gasteiger partial charge in [0.25, 0.3) is 0 Å². The molecule has 2 aromatic carbocycles. The number of benzene rings is 2. The summed E-state index contributed by atoms with van der Waals surface area (Å²) >= 11 is 6.12. The number of anilines is 1. The molecule has 0 fully saturated rings. The lowest BCUT2D eigenvalue weighted by molar-refractivity contribution is 0.415. The maximum absolute atomic E-state index is 6.12. The van der Waals surface area contributed by atoms with E-state index in [2.05, 4.69) is 10.3 Å². The van der Waals surface area contributed by atoms with Gasteiger partial charge in [0.2, 0.25) is 0 Å². The van der Waals surface area contributed by atoms with Crippen molar-refractivity contribution in [1.29, 1.82) is 0 Å². The Labute approximate surface area is 159 Å². The first-order chi connectivity index (χ1) is 10.7. The Morgan fingerprint density at radius 1 is 1.22 bits per heavy atom. The topological polar surface area (TPSA) is 59.6 Å². The zero-order chi connectivity index (χ0) is 15.8. The standard InChI is InChI=1S/C17H20ClN3O.HI/c1-22-15-9-4-8-14(12-15)21-17(19)20-11-5-7-13-6-2-3-10-16(13)18;/h2-4,6,8-10,12H,5,7,11H2,1H3,(H3,19,20,21);1H. The van der Waals surface area contributed by atoms with Gasteiger partial charge in [-0.1, -0.05) is 35.9 Å². The molecule has 0 atom stereocenters. The van der Waals surface area contributed by atoms with Crippen LogP contribution in [0.5, 0.6) is 5.75 Å². The number of aliphatic imine (C=N–C) groups is 1. The van der Waals surface area contributed by atoms with Crippen LogP contribution in [0.15, 0.2) is 53.5 Å². The van der Waals surface area contributed by atoms with Gasteiger partial charge in [0.15, 0.2) is 5.96 Å². The Kier molecular flexibility index (Phi) is 8.79. The molecule has 0 aromatic heterocycles. The van der Waals surface area contributed by atoms with Crippen LogP contribution in [0.4, 0.5) is 5.69 Å². The van der Waals surface area contributed by atoms with Gasteiger partial charge in [-0.2, -0.15) is 0 Å². The molecule has 0 aliphatic rings. The highest BCUT2D eigenvalue weighted by Crippen LogP contribution is 2.17. The van der Waals surface area contributed by atoms with Crippen LogP contribution < -0.4 is 15.8 Å². The lowest BCUT2D eigenvalue weighted by Crippen LogP contribution is -2.22. The molecular formula is C17H21ClIN3O. The average Bonchev–Trinajstić information content (AvgIpc) is 2.53. The van der Waals surface area contributed by atoms with Gasteiger partial charge in [-0.25, -0.2) is 0 Å². The van der Waals surface area contributed by atoms with Crippen LogP contribution in [-0.4, -0.2) is 19.6 Å². The van der Waals surface area contributed by atoms with E-state index in [9.17, 15) is 0 Å². The third-order valence-electron chi connectivity index (χ3n) is 3.19. The number of hydrogen-bond donors (Lipinski definition) is 2. The molecule has 0 heterocycles. The summed E-state index contributed by atoms with van der Waals surface area (Å²) in [5.41, 5.74) is 7.87. The molecule has 0 unspecified atom stereocenters. The molecule has 0 saturated heterocycles. The van der Waals surface area contributed by atoms with Crippen molar-refractivity contribution in [3.8, 4) is 5.75 Å². The number of halogens is 2. The molecule has 2 rings (SSSR count). The molecule has 0 amide bonds. The van der Waals surface area contributed by atoms with E-state index in [0.29, 0.717) is 12.5 Å². The molecule has 0 bridgehead atoms. The normalized spacial score (nSPS) is 10.8. The average molecular weight is 446 g/mol. The minimum atomic E-state index is 0. The van der Waals surface area contributed by atoms with Crippen molar-refractivity contribution in [3.05, 3.63) is 59.1 Å². The van der Waals surface area contributed by atoms with E-state index < -0.39 is 0 Å². The number of rotatable bonds is 6. The first-order valence-corrected chi connectivity index (χ1v) is 7.51. The van der Waals surface area contributed by atoms with Gasteiger partial charge < -0.3 is 15.8 Å². The third kappa shape index (κ3) is 6.66. The molecule has 3 N–H and O–H groups in total. The Hall–Kier alpha value is -1.47. The highest BCUT2D eigenvalue weighted by Gasteiger charge is 1.99. The summed E-state index contributed by atoms with van der Waals surface area (Å²) in [4.78, 5) is 4.32.